The highest BCUT2D eigenvalue weighted by atomic mass is 16.5. The van der Waals surface area contributed by atoms with E-state index in [-0.39, 0.29) is 5.56 Å². The average Bonchev–Trinajstić information content (AvgIpc) is 3.22. The number of benzene rings is 1. The van der Waals surface area contributed by atoms with Crippen LogP contribution in [0.3, 0.4) is 0 Å². The lowest BCUT2D eigenvalue weighted by Gasteiger charge is -2.35. The van der Waals surface area contributed by atoms with Crippen molar-refractivity contribution < 1.29 is 10.0 Å². The Labute approximate surface area is 139 Å². The molecule has 2 saturated heterocycles. The highest BCUT2D eigenvalue weighted by Crippen LogP contribution is 2.36. The van der Waals surface area contributed by atoms with Gasteiger partial charge in [0.25, 0.3) is 5.91 Å². The topological polar surface area (TPSA) is 81.6 Å². The van der Waals surface area contributed by atoms with E-state index in [2.05, 4.69) is 51.0 Å². The molecule has 0 saturated carbocycles. The van der Waals surface area contributed by atoms with Gasteiger partial charge >= 0.3 is 0 Å². The molecule has 4 rings (SSSR count). The van der Waals surface area contributed by atoms with Crippen LogP contribution in [-0.2, 0) is 0 Å². The zero-order chi connectivity index (χ0) is 16.7. The van der Waals surface area contributed by atoms with Crippen LogP contribution in [-0.4, -0.2) is 46.3 Å². The number of nitrogens with one attached hydrogen (secondary N) is 1. The Hall–Kier alpha value is -2.67. The molecule has 0 aliphatic carbocycles. The van der Waals surface area contributed by atoms with Crippen molar-refractivity contribution in [3.63, 3.8) is 0 Å². The van der Waals surface area contributed by atoms with E-state index >= 15 is 0 Å². The fraction of sp³-hybridized carbons (Fsp3) is 0.353. The summed E-state index contributed by atoms with van der Waals surface area (Å²) in [5.74, 6) is 0.0380. The number of fused-ring (bicyclic) bond motifs is 2. The summed E-state index contributed by atoms with van der Waals surface area (Å²) in [5, 5.41) is 8.64. The van der Waals surface area contributed by atoms with Crippen LogP contribution in [0.25, 0.3) is 0 Å². The van der Waals surface area contributed by atoms with Gasteiger partial charge in [-0.1, -0.05) is 12.1 Å². The Morgan fingerprint density at radius 1 is 1.21 bits per heavy atom. The number of hydrogen-bond donors (Lipinski definition) is 2. The second-order valence-corrected chi connectivity index (χ2v) is 6.40. The zero-order valence-corrected chi connectivity index (χ0v) is 13.4. The highest BCUT2D eigenvalue weighted by Gasteiger charge is 2.44. The summed E-state index contributed by atoms with van der Waals surface area (Å²) < 4.78 is 0. The van der Waals surface area contributed by atoms with Crippen molar-refractivity contribution in [2.24, 2.45) is 0 Å². The van der Waals surface area contributed by atoms with E-state index in [0.29, 0.717) is 18.0 Å². The lowest BCUT2D eigenvalue weighted by Crippen LogP contribution is -2.47. The van der Waals surface area contributed by atoms with Crippen LogP contribution in [0, 0.1) is 6.92 Å². The van der Waals surface area contributed by atoms with Crippen molar-refractivity contribution in [1.29, 1.82) is 0 Å². The summed E-state index contributed by atoms with van der Waals surface area (Å²) >= 11 is 0. The van der Waals surface area contributed by atoms with Crippen LogP contribution in [0.4, 0.5) is 11.6 Å². The number of hydroxylamine groups is 1. The molecule has 24 heavy (non-hydrogen) atoms. The molecular weight excluding hydrogens is 306 g/mol. The number of piperazine rings is 1. The first-order valence-electron chi connectivity index (χ1n) is 8.02. The maximum absolute atomic E-state index is 11.3. The monoisotopic (exact) mass is 325 g/mol. The molecule has 2 N–H and O–H groups in total. The normalized spacial score (nSPS) is 22.1. The van der Waals surface area contributed by atoms with E-state index in [1.807, 2.05) is 0 Å². The van der Waals surface area contributed by atoms with Gasteiger partial charge in [-0.15, -0.1) is 0 Å². The number of carbonyl (C=O) groups excluding carboxylic acids is 1. The molecule has 124 valence electrons. The number of aryl methyl sites for hydroxylation is 1. The molecule has 1 aromatic carbocycles. The molecule has 7 heteroatoms. The number of amides is 1. The van der Waals surface area contributed by atoms with Crippen molar-refractivity contribution in [2.75, 3.05) is 22.9 Å². The van der Waals surface area contributed by atoms with E-state index in [0.717, 1.165) is 19.5 Å². The Balaban J connectivity index is 1.49. The van der Waals surface area contributed by atoms with Gasteiger partial charge in [0.05, 0.1) is 11.6 Å². The molecule has 1 aromatic heterocycles. The van der Waals surface area contributed by atoms with Crippen LogP contribution in [0.2, 0.25) is 0 Å². The van der Waals surface area contributed by atoms with Crippen molar-refractivity contribution in [1.82, 2.24) is 15.4 Å². The lowest BCUT2D eigenvalue weighted by molar-refractivity contribution is 0.0705. The molecule has 2 aliphatic rings. The summed E-state index contributed by atoms with van der Waals surface area (Å²) in [7, 11) is 0. The second kappa shape index (κ2) is 5.76. The molecule has 1 amide bonds. The van der Waals surface area contributed by atoms with Gasteiger partial charge in [0.1, 0.15) is 0 Å². The summed E-state index contributed by atoms with van der Waals surface area (Å²) in [4.78, 5) is 24.6. The molecular formula is C17H19N5O2. The van der Waals surface area contributed by atoms with Crippen LogP contribution >= 0.6 is 0 Å². The molecule has 3 heterocycles. The minimum Gasteiger partial charge on any atom is -0.365 e. The summed E-state index contributed by atoms with van der Waals surface area (Å²) in [6.07, 6.45) is 3.98. The first-order valence-corrected chi connectivity index (χ1v) is 8.02. The van der Waals surface area contributed by atoms with Crippen molar-refractivity contribution >= 4 is 17.5 Å². The molecule has 2 fully saturated rings. The highest BCUT2D eigenvalue weighted by molar-refractivity contribution is 5.92. The molecule has 7 nitrogen and oxygen atoms in total. The first-order chi connectivity index (χ1) is 11.7. The summed E-state index contributed by atoms with van der Waals surface area (Å²) in [6.45, 7) is 3.95. The lowest BCUT2D eigenvalue weighted by atomic mass is 10.2. The number of nitrogens with zero attached hydrogens (tertiary/aromatic N) is 4. The van der Waals surface area contributed by atoms with Gasteiger partial charge in [-0.3, -0.25) is 10.0 Å². The second-order valence-electron chi connectivity index (χ2n) is 6.40. The van der Waals surface area contributed by atoms with E-state index in [1.54, 1.807) is 5.48 Å². The third kappa shape index (κ3) is 2.46. The maximum atomic E-state index is 11.3. The van der Waals surface area contributed by atoms with Crippen molar-refractivity contribution in [2.45, 2.75) is 25.4 Å². The first kappa shape index (κ1) is 14.9. The van der Waals surface area contributed by atoms with Crippen LogP contribution in [0.1, 0.15) is 22.3 Å². The van der Waals surface area contributed by atoms with Crippen molar-refractivity contribution in [3.05, 3.63) is 47.8 Å². The van der Waals surface area contributed by atoms with Gasteiger partial charge in [-0.05, 0) is 31.0 Å². The predicted octanol–water partition coefficient (Wildman–Crippen LogP) is 1.37. The Morgan fingerprint density at radius 3 is 2.54 bits per heavy atom. The number of aromatic nitrogens is 2. The Kier molecular flexibility index (Phi) is 3.57. The number of carbonyl (C=O) groups is 1. The largest absolute Gasteiger partial charge is 0.365 e. The minimum atomic E-state index is -0.602. The van der Waals surface area contributed by atoms with Crippen LogP contribution in [0.5, 0.6) is 0 Å². The molecule has 2 bridgehead atoms. The number of anilines is 2. The Bertz CT molecular complexity index is 764. The van der Waals surface area contributed by atoms with Gasteiger partial charge in [-0.2, -0.15) is 0 Å². The predicted molar refractivity (Wildman–Crippen MR) is 89.3 cm³/mol. The standard InChI is InChI=1S/C17H19N5O2/c1-11-3-2-4-13(5-11)21-9-15-6-14(21)10-22(15)17-18-7-12(8-19-17)16(23)20-24/h2-5,7-8,14-15,24H,6,9-10H2,1H3,(H,20,23)/t14-,15+/m0/s1. The third-order valence-corrected chi connectivity index (χ3v) is 4.83. The average molecular weight is 325 g/mol. The van der Waals surface area contributed by atoms with Gasteiger partial charge in [0.15, 0.2) is 0 Å². The van der Waals surface area contributed by atoms with E-state index in [9.17, 15) is 4.79 Å². The zero-order valence-electron chi connectivity index (χ0n) is 13.4. The van der Waals surface area contributed by atoms with Gasteiger partial charge < -0.3 is 9.80 Å². The molecule has 2 aliphatic heterocycles. The summed E-state index contributed by atoms with van der Waals surface area (Å²) in [6, 6.07) is 9.44. The third-order valence-electron chi connectivity index (χ3n) is 4.83. The van der Waals surface area contributed by atoms with Gasteiger partial charge in [0, 0.05) is 37.2 Å². The molecule has 2 aromatic rings. The van der Waals surface area contributed by atoms with E-state index in [4.69, 9.17) is 5.21 Å². The SMILES string of the molecule is Cc1cccc(N2C[C@H]3C[C@H]2CN3c2ncc(C(=O)NO)cn2)c1. The maximum Gasteiger partial charge on any atom is 0.277 e. The summed E-state index contributed by atoms with van der Waals surface area (Å²) in [5.41, 5.74) is 4.38. The molecule has 2 atom stereocenters. The fourth-order valence-corrected chi connectivity index (χ4v) is 3.69. The van der Waals surface area contributed by atoms with Crippen LogP contribution < -0.4 is 15.3 Å². The molecule has 0 unspecified atom stereocenters. The minimum absolute atomic E-state index is 0.243. The number of hydrogen-bond acceptors (Lipinski definition) is 6. The van der Waals surface area contributed by atoms with Crippen molar-refractivity contribution in [3.8, 4) is 0 Å². The smallest absolute Gasteiger partial charge is 0.277 e. The Morgan fingerprint density at radius 2 is 1.92 bits per heavy atom. The van der Waals surface area contributed by atoms with Crippen LogP contribution in [0.15, 0.2) is 36.7 Å². The quantitative estimate of drug-likeness (QED) is 0.655. The van der Waals surface area contributed by atoms with Gasteiger partial charge in [0.2, 0.25) is 5.95 Å². The molecule has 0 spiro atoms. The van der Waals surface area contributed by atoms with E-state index < -0.39 is 5.91 Å². The number of rotatable bonds is 3. The molecule has 0 radical (unpaired) electrons. The van der Waals surface area contributed by atoms with E-state index in [1.165, 1.54) is 23.6 Å². The van der Waals surface area contributed by atoms with Gasteiger partial charge in [-0.25, -0.2) is 15.4 Å². The fourth-order valence-electron chi connectivity index (χ4n) is 3.69.